The second-order valence-corrected chi connectivity index (χ2v) is 7.16. The van der Waals surface area contributed by atoms with Crippen molar-refractivity contribution in [2.45, 2.75) is 38.6 Å². The average Bonchev–Trinajstić information content (AvgIpc) is 2.90. The van der Waals surface area contributed by atoms with E-state index in [9.17, 15) is 14.4 Å². The summed E-state index contributed by atoms with van der Waals surface area (Å²) < 4.78 is 0. The molecule has 130 valence electrons. The van der Waals surface area contributed by atoms with Crippen LogP contribution < -0.4 is 0 Å². The second-order valence-electron chi connectivity index (χ2n) is 6.17. The van der Waals surface area contributed by atoms with Crippen molar-refractivity contribution < 1.29 is 14.4 Å². The van der Waals surface area contributed by atoms with Crippen molar-refractivity contribution in [2.75, 3.05) is 44.7 Å². The summed E-state index contributed by atoms with van der Waals surface area (Å²) in [7, 11) is 0. The predicted octanol–water partition coefficient (Wildman–Crippen LogP) is 0.811. The van der Waals surface area contributed by atoms with Crippen LogP contribution in [0.5, 0.6) is 0 Å². The quantitative estimate of drug-likeness (QED) is 0.759. The van der Waals surface area contributed by atoms with Crippen LogP contribution >= 0.6 is 11.8 Å². The molecule has 0 saturated carbocycles. The van der Waals surface area contributed by atoms with Crippen LogP contribution in [0.1, 0.15) is 32.6 Å². The van der Waals surface area contributed by atoms with Crippen molar-refractivity contribution >= 4 is 29.5 Å². The van der Waals surface area contributed by atoms with E-state index >= 15 is 0 Å². The second kappa shape index (κ2) is 8.57. The van der Waals surface area contributed by atoms with Gasteiger partial charge in [0.2, 0.25) is 17.7 Å². The van der Waals surface area contributed by atoms with Gasteiger partial charge < -0.3 is 14.7 Å². The van der Waals surface area contributed by atoms with E-state index in [1.54, 1.807) is 16.7 Å². The van der Waals surface area contributed by atoms with Gasteiger partial charge in [0.05, 0.1) is 0 Å². The van der Waals surface area contributed by atoms with E-state index in [1.807, 2.05) is 16.1 Å². The first-order chi connectivity index (χ1) is 11.0. The first-order valence-electron chi connectivity index (χ1n) is 8.37. The maximum absolute atomic E-state index is 12.7. The van der Waals surface area contributed by atoms with Crippen LogP contribution in [-0.4, -0.2) is 83.2 Å². The van der Waals surface area contributed by atoms with Gasteiger partial charge in [-0.2, -0.15) is 11.8 Å². The van der Waals surface area contributed by atoms with E-state index in [1.165, 1.54) is 6.92 Å². The van der Waals surface area contributed by atoms with E-state index < -0.39 is 0 Å². The molecule has 7 heteroatoms. The summed E-state index contributed by atoms with van der Waals surface area (Å²) in [5, 5.41) is 0. The molecule has 0 aromatic carbocycles. The van der Waals surface area contributed by atoms with Crippen molar-refractivity contribution in [3.8, 4) is 0 Å². The number of carbonyl (C=O) groups excluding carboxylic acids is 3. The van der Waals surface area contributed by atoms with Crippen LogP contribution in [0.3, 0.4) is 0 Å². The molecular formula is C16H27N3O3S. The Kier molecular flexibility index (Phi) is 6.74. The molecule has 2 aliphatic heterocycles. The van der Waals surface area contributed by atoms with Gasteiger partial charge in [-0.3, -0.25) is 14.4 Å². The fourth-order valence-corrected chi connectivity index (χ4v) is 3.72. The zero-order valence-corrected chi connectivity index (χ0v) is 14.9. The summed E-state index contributed by atoms with van der Waals surface area (Å²) >= 11 is 1.67. The Bertz CT molecular complexity index is 458. The van der Waals surface area contributed by atoms with Crippen molar-refractivity contribution in [2.24, 2.45) is 0 Å². The van der Waals surface area contributed by atoms with Gasteiger partial charge in [0.1, 0.15) is 6.04 Å². The Hall–Kier alpha value is -1.24. The first-order valence-corrected chi connectivity index (χ1v) is 9.76. The summed E-state index contributed by atoms with van der Waals surface area (Å²) in [6, 6.07) is -0.300. The zero-order valence-electron chi connectivity index (χ0n) is 14.1. The van der Waals surface area contributed by atoms with Crippen LogP contribution in [-0.2, 0) is 14.4 Å². The fraction of sp³-hybridized carbons (Fsp3) is 0.812. The number of amides is 3. The SMILES string of the molecule is CSCCC(=O)N1CCCN(C(=O)[C@@H]2CCCN2C(C)=O)CC1. The number of likely N-dealkylation sites (tertiary alicyclic amines) is 1. The van der Waals surface area contributed by atoms with E-state index in [2.05, 4.69) is 0 Å². The van der Waals surface area contributed by atoms with Crippen molar-refractivity contribution in [1.82, 2.24) is 14.7 Å². The molecule has 2 rings (SSSR count). The Labute approximate surface area is 142 Å². The van der Waals surface area contributed by atoms with Crippen molar-refractivity contribution in [3.05, 3.63) is 0 Å². The van der Waals surface area contributed by atoms with Gasteiger partial charge in [0, 0.05) is 51.8 Å². The maximum Gasteiger partial charge on any atom is 0.245 e. The molecule has 0 N–H and O–H groups in total. The van der Waals surface area contributed by atoms with Crippen LogP contribution in [0.4, 0.5) is 0 Å². The molecule has 0 spiro atoms. The van der Waals surface area contributed by atoms with Crippen LogP contribution in [0, 0.1) is 0 Å². The lowest BCUT2D eigenvalue weighted by atomic mass is 10.2. The molecule has 3 amide bonds. The number of hydrogen-bond donors (Lipinski definition) is 0. The van der Waals surface area contributed by atoms with Gasteiger partial charge in [0.15, 0.2) is 0 Å². The third kappa shape index (κ3) is 4.62. The monoisotopic (exact) mass is 341 g/mol. The molecule has 0 aromatic rings. The van der Waals surface area contributed by atoms with Crippen LogP contribution in [0.15, 0.2) is 0 Å². The number of carbonyl (C=O) groups is 3. The zero-order chi connectivity index (χ0) is 16.8. The summed E-state index contributed by atoms with van der Waals surface area (Å²) in [4.78, 5) is 41.9. The maximum atomic E-state index is 12.7. The molecule has 0 aromatic heterocycles. The largest absolute Gasteiger partial charge is 0.341 e. The van der Waals surface area contributed by atoms with E-state index in [0.29, 0.717) is 32.6 Å². The normalized spacial score (nSPS) is 22.2. The Morgan fingerprint density at radius 3 is 2.39 bits per heavy atom. The van der Waals surface area contributed by atoms with Gasteiger partial charge in [-0.05, 0) is 25.5 Å². The van der Waals surface area contributed by atoms with E-state index in [4.69, 9.17) is 0 Å². The van der Waals surface area contributed by atoms with Gasteiger partial charge in [-0.25, -0.2) is 0 Å². The molecule has 2 saturated heterocycles. The van der Waals surface area contributed by atoms with Crippen molar-refractivity contribution in [3.63, 3.8) is 0 Å². The predicted molar refractivity (Wildman–Crippen MR) is 91.2 cm³/mol. The minimum Gasteiger partial charge on any atom is -0.341 e. The highest BCUT2D eigenvalue weighted by molar-refractivity contribution is 7.98. The molecule has 0 aliphatic carbocycles. The molecular weight excluding hydrogens is 314 g/mol. The number of hydrogen-bond acceptors (Lipinski definition) is 4. The topological polar surface area (TPSA) is 60.9 Å². The molecule has 23 heavy (non-hydrogen) atoms. The lowest BCUT2D eigenvalue weighted by Crippen LogP contribution is -2.48. The van der Waals surface area contributed by atoms with Gasteiger partial charge in [-0.15, -0.1) is 0 Å². The Morgan fingerprint density at radius 2 is 1.70 bits per heavy atom. The molecule has 0 radical (unpaired) electrons. The molecule has 0 bridgehead atoms. The summed E-state index contributed by atoms with van der Waals surface area (Å²) in [5.41, 5.74) is 0. The number of rotatable bonds is 4. The average molecular weight is 341 g/mol. The molecule has 6 nitrogen and oxygen atoms in total. The highest BCUT2D eigenvalue weighted by atomic mass is 32.2. The van der Waals surface area contributed by atoms with Gasteiger partial charge in [0.25, 0.3) is 0 Å². The van der Waals surface area contributed by atoms with Gasteiger partial charge in [-0.1, -0.05) is 0 Å². The minimum absolute atomic E-state index is 0.0236. The molecule has 2 heterocycles. The summed E-state index contributed by atoms with van der Waals surface area (Å²) in [6.45, 7) is 4.78. The van der Waals surface area contributed by atoms with Crippen LogP contribution in [0.25, 0.3) is 0 Å². The van der Waals surface area contributed by atoms with Gasteiger partial charge >= 0.3 is 0 Å². The van der Waals surface area contributed by atoms with Crippen molar-refractivity contribution in [1.29, 1.82) is 0 Å². The van der Waals surface area contributed by atoms with Crippen LogP contribution in [0.2, 0.25) is 0 Å². The minimum atomic E-state index is -0.300. The smallest absolute Gasteiger partial charge is 0.245 e. The lowest BCUT2D eigenvalue weighted by Gasteiger charge is -2.29. The Balaban J connectivity index is 1.91. The van der Waals surface area contributed by atoms with E-state index in [-0.39, 0.29) is 23.8 Å². The molecule has 1 atom stereocenters. The molecule has 2 fully saturated rings. The number of nitrogens with zero attached hydrogens (tertiary/aromatic N) is 3. The lowest BCUT2D eigenvalue weighted by molar-refractivity contribution is -0.142. The molecule has 2 aliphatic rings. The van der Waals surface area contributed by atoms with E-state index in [0.717, 1.165) is 31.6 Å². The Morgan fingerprint density at radius 1 is 1.00 bits per heavy atom. The highest BCUT2D eigenvalue weighted by Crippen LogP contribution is 2.20. The number of thioether (sulfide) groups is 1. The standard InChI is InChI=1S/C16H27N3O3S/c1-13(20)19-9-3-5-14(19)16(22)18-8-4-7-17(10-11-18)15(21)6-12-23-2/h14H,3-12H2,1-2H3/t14-/m0/s1. The summed E-state index contributed by atoms with van der Waals surface area (Å²) in [6.07, 6.45) is 5.02. The first kappa shape index (κ1) is 18.1. The highest BCUT2D eigenvalue weighted by Gasteiger charge is 2.35. The fourth-order valence-electron chi connectivity index (χ4n) is 3.35. The molecule has 0 unspecified atom stereocenters. The third-order valence-corrected chi connectivity index (χ3v) is 5.24. The summed E-state index contributed by atoms with van der Waals surface area (Å²) in [5.74, 6) is 1.05. The third-order valence-electron chi connectivity index (χ3n) is 4.62.